The van der Waals surface area contributed by atoms with Gasteiger partial charge in [0.2, 0.25) is 0 Å². The smallest absolute Gasteiger partial charge is 0.123 e. The van der Waals surface area contributed by atoms with Gasteiger partial charge in [-0.15, -0.1) is 12.4 Å². The van der Waals surface area contributed by atoms with Crippen molar-refractivity contribution in [1.82, 2.24) is 9.47 Å². The fraction of sp³-hybridized carbons (Fsp3) is 0.259. The summed E-state index contributed by atoms with van der Waals surface area (Å²) in [7, 11) is 0. The lowest BCUT2D eigenvalue weighted by Gasteiger charge is -2.28. The first kappa shape index (κ1) is 23.4. The van der Waals surface area contributed by atoms with Crippen LogP contribution in [0.25, 0.3) is 16.6 Å². The van der Waals surface area contributed by atoms with E-state index in [4.69, 9.17) is 0 Å². The molecular weight excluding hydrogens is 442 g/mol. The quantitative estimate of drug-likeness (QED) is 0.365. The third-order valence-corrected chi connectivity index (χ3v) is 6.41. The molecule has 2 heterocycles. The number of rotatable bonds is 6. The van der Waals surface area contributed by atoms with Gasteiger partial charge in [0.1, 0.15) is 11.6 Å². The van der Waals surface area contributed by atoms with Crippen molar-refractivity contribution in [2.24, 2.45) is 0 Å². The zero-order valence-electron chi connectivity index (χ0n) is 18.3. The maximum absolute atomic E-state index is 14.1. The number of hydrogen-bond acceptors (Lipinski definition) is 2. The number of hydrogen-bond donors (Lipinski definition) is 1. The highest BCUT2D eigenvalue weighted by molar-refractivity contribution is 5.87. The Balaban J connectivity index is 0.00000259. The van der Waals surface area contributed by atoms with Gasteiger partial charge in [0, 0.05) is 36.3 Å². The van der Waals surface area contributed by atoms with Gasteiger partial charge in [-0.2, -0.15) is 0 Å². The second kappa shape index (κ2) is 10.0. The normalized spacial score (nSPS) is 14.6. The van der Waals surface area contributed by atoms with E-state index in [1.807, 2.05) is 36.4 Å². The number of nitrogens with zero attached hydrogens (tertiary/aromatic N) is 2. The van der Waals surface area contributed by atoms with E-state index in [9.17, 15) is 13.9 Å². The third kappa shape index (κ3) is 4.81. The van der Waals surface area contributed by atoms with E-state index in [1.165, 1.54) is 18.2 Å². The minimum atomic E-state index is -0.453. The molecule has 1 aliphatic rings. The summed E-state index contributed by atoms with van der Waals surface area (Å²) < 4.78 is 29.7. The van der Waals surface area contributed by atoms with Gasteiger partial charge < -0.3 is 9.67 Å². The van der Waals surface area contributed by atoms with E-state index in [-0.39, 0.29) is 24.0 Å². The highest BCUT2D eigenvalue weighted by Gasteiger charge is 2.25. The van der Waals surface area contributed by atoms with Gasteiger partial charge in [-0.25, -0.2) is 8.78 Å². The van der Waals surface area contributed by atoms with Crippen LogP contribution < -0.4 is 0 Å². The topological polar surface area (TPSA) is 28.4 Å². The van der Waals surface area contributed by atoms with Crippen LogP contribution >= 0.6 is 12.4 Å². The van der Waals surface area contributed by atoms with Crippen LogP contribution in [0.5, 0.6) is 0 Å². The maximum Gasteiger partial charge on any atom is 0.123 e. The fourth-order valence-electron chi connectivity index (χ4n) is 4.81. The molecule has 1 unspecified atom stereocenters. The summed E-state index contributed by atoms with van der Waals surface area (Å²) in [5.74, 6) is -0.520. The molecule has 3 aromatic carbocycles. The third-order valence-electron chi connectivity index (χ3n) is 6.41. The molecule has 33 heavy (non-hydrogen) atoms. The van der Waals surface area contributed by atoms with Crippen LogP contribution in [0, 0.1) is 11.6 Å². The number of aliphatic hydroxyl groups is 1. The molecule has 5 rings (SSSR count). The molecule has 172 valence electrons. The summed E-state index contributed by atoms with van der Waals surface area (Å²) in [6.07, 6.45) is 1.98. The van der Waals surface area contributed by atoms with E-state index in [0.29, 0.717) is 6.42 Å². The summed E-state index contributed by atoms with van der Waals surface area (Å²) in [5.41, 5.74) is 5.09. The Labute approximate surface area is 198 Å². The summed E-state index contributed by atoms with van der Waals surface area (Å²) in [6, 6.07) is 21.1. The Bertz CT molecular complexity index is 1220. The molecule has 6 heteroatoms. The number of benzene rings is 3. The first-order chi connectivity index (χ1) is 15.6. The first-order valence-corrected chi connectivity index (χ1v) is 11.1. The monoisotopic (exact) mass is 468 g/mol. The zero-order valence-corrected chi connectivity index (χ0v) is 19.1. The van der Waals surface area contributed by atoms with Gasteiger partial charge in [-0.1, -0.05) is 30.3 Å². The molecule has 0 fully saturated rings. The summed E-state index contributed by atoms with van der Waals surface area (Å²) in [5, 5.41) is 11.4. The van der Waals surface area contributed by atoms with Gasteiger partial charge >= 0.3 is 0 Å². The Morgan fingerprint density at radius 2 is 1.64 bits per heavy atom. The maximum atomic E-state index is 14.1. The Morgan fingerprint density at radius 1 is 0.909 bits per heavy atom. The molecule has 4 aromatic rings. The predicted molar refractivity (Wildman–Crippen MR) is 130 cm³/mol. The van der Waals surface area contributed by atoms with E-state index in [1.54, 1.807) is 18.2 Å². The van der Waals surface area contributed by atoms with Gasteiger partial charge in [-0.3, -0.25) is 4.90 Å². The summed E-state index contributed by atoms with van der Waals surface area (Å²) in [6.45, 7) is 2.52. The van der Waals surface area contributed by atoms with Crippen LogP contribution in [0.2, 0.25) is 0 Å². The lowest BCUT2D eigenvalue weighted by atomic mass is 10.0. The molecule has 0 saturated carbocycles. The van der Waals surface area contributed by atoms with E-state index in [2.05, 4.69) is 9.47 Å². The predicted octanol–water partition coefficient (Wildman–Crippen LogP) is 6.20. The minimum Gasteiger partial charge on any atom is -0.388 e. The highest BCUT2D eigenvalue weighted by atomic mass is 35.5. The second-order valence-corrected chi connectivity index (χ2v) is 8.49. The SMILES string of the molecule is Cl.OC(CCCN1CCc2c(c3cc(F)ccc3n2-c2ccc(F)cc2)C1)c1ccccc1. The van der Waals surface area contributed by atoms with Gasteiger partial charge in [0.05, 0.1) is 11.6 Å². The van der Waals surface area contributed by atoms with Crippen molar-refractivity contribution in [3.05, 3.63) is 101 Å². The largest absolute Gasteiger partial charge is 0.388 e. The van der Waals surface area contributed by atoms with Crippen molar-refractivity contribution in [3.63, 3.8) is 0 Å². The molecule has 0 amide bonds. The molecule has 0 radical (unpaired) electrons. The number of fused-ring (bicyclic) bond motifs is 3. The van der Waals surface area contributed by atoms with Gasteiger partial charge in [-0.05, 0) is 73.0 Å². The fourth-order valence-corrected chi connectivity index (χ4v) is 4.81. The van der Waals surface area contributed by atoms with Crippen LogP contribution in [-0.2, 0) is 13.0 Å². The first-order valence-electron chi connectivity index (χ1n) is 11.1. The van der Waals surface area contributed by atoms with E-state index >= 15 is 0 Å². The van der Waals surface area contributed by atoms with Crippen molar-refractivity contribution in [1.29, 1.82) is 0 Å². The zero-order chi connectivity index (χ0) is 22.1. The van der Waals surface area contributed by atoms with Crippen molar-refractivity contribution in [2.45, 2.75) is 31.9 Å². The molecule has 3 nitrogen and oxygen atoms in total. The van der Waals surface area contributed by atoms with Crippen LogP contribution in [0.4, 0.5) is 8.78 Å². The number of aromatic nitrogens is 1. The van der Waals surface area contributed by atoms with Crippen molar-refractivity contribution in [3.8, 4) is 5.69 Å². The minimum absolute atomic E-state index is 0. The number of halogens is 3. The second-order valence-electron chi connectivity index (χ2n) is 8.49. The van der Waals surface area contributed by atoms with Crippen molar-refractivity contribution < 1.29 is 13.9 Å². The summed E-state index contributed by atoms with van der Waals surface area (Å²) >= 11 is 0. The van der Waals surface area contributed by atoms with E-state index in [0.717, 1.165) is 65.9 Å². The van der Waals surface area contributed by atoms with Crippen LogP contribution in [0.3, 0.4) is 0 Å². The number of aliphatic hydroxyl groups excluding tert-OH is 1. The van der Waals surface area contributed by atoms with E-state index < -0.39 is 6.10 Å². The molecule has 0 saturated heterocycles. The lowest BCUT2D eigenvalue weighted by Crippen LogP contribution is -2.32. The van der Waals surface area contributed by atoms with Gasteiger partial charge in [0.15, 0.2) is 0 Å². The average molecular weight is 469 g/mol. The molecule has 1 N–H and O–H groups in total. The lowest BCUT2D eigenvalue weighted by molar-refractivity contribution is 0.153. The van der Waals surface area contributed by atoms with Crippen molar-refractivity contribution in [2.75, 3.05) is 13.1 Å². The molecule has 0 aliphatic carbocycles. The van der Waals surface area contributed by atoms with Crippen LogP contribution in [-0.4, -0.2) is 27.7 Å². The molecule has 0 spiro atoms. The molecule has 1 aliphatic heterocycles. The Morgan fingerprint density at radius 3 is 2.39 bits per heavy atom. The Kier molecular flexibility index (Phi) is 7.13. The molecule has 1 atom stereocenters. The molecule has 1 aromatic heterocycles. The van der Waals surface area contributed by atoms with Crippen LogP contribution in [0.15, 0.2) is 72.8 Å². The molecular formula is C27H27ClF2N2O. The summed E-state index contributed by atoms with van der Waals surface area (Å²) in [4.78, 5) is 2.37. The molecule has 0 bridgehead atoms. The van der Waals surface area contributed by atoms with Gasteiger partial charge in [0.25, 0.3) is 0 Å². The highest BCUT2D eigenvalue weighted by Crippen LogP contribution is 2.34. The van der Waals surface area contributed by atoms with Crippen LogP contribution in [0.1, 0.15) is 35.8 Å². The average Bonchev–Trinajstić information content (AvgIpc) is 3.13. The van der Waals surface area contributed by atoms with Crippen molar-refractivity contribution >= 4 is 23.3 Å². The Hall–Kier alpha value is -2.73. The standard InChI is InChI=1S/C27H26F2N2O.ClH/c28-20-8-11-22(12-9-20)31-25-13-10-21(29)17-23(25)24-18-30(16-14-26(24)31)15-4-7-27(32)19-5-2-1-3-6-19;/h1-3,5-6,8-13,17,27,32H,4,7,14-16,18H2;1H.